The SMILES string of the molecule is CCOc1cc(C2C(C#N)=C(N)Oc3cc(OC(=O)/C=C/c4ccccc4)ccc32)ccc1OCc1ccccc1Cl. The van der Waals surface area contributed by atoms with E-state index in [1.807, 2.05) is 73.7 Å². The number of nitriles is 1. The lowest BCUT2D eigenvalue weighted by atomic mass is 9.83. The number of rotatable bonds is 9. The Morgan fingerprint density at radius 3 is 2.55 bits per heavy atom. The Bertz CT molecular complexity index is 1710. The molecule has 4 aromatic rings. The maximum Gasteiger partial charge on any atom is 0.336 e. The zero-order chi connectivity index (χ0) is 29.5. The van der Waals surface area contributed by atoms with Crippen molar-refractivity contribution >= 4 is 23.6 Å². The lowest BCUT2D eigenvalue weighted by Crippen LogP contribution is -2.21. The third kappa shape index (κ3) is 6.41. The molecule has 1 aliphatic heterocycles. The number of fused-ring (bicyclic) bond motifs is 1. The summed E-state index contributed by atoms with van der Waals surface area (Å²) in [5, 5.41) is 10.6. The Labute approximate surface area is 249 Å². The molecule has 0 spiro atoms. The number of hydrogen-bond donors (Lipinski definition) is 1. The van der Waals surface area contributed by atoms with Crippen LogP contribution in [0.3, 0.4) is 0 Å². The normalized spacial score (nSPS) is 14.1. The molecule has 1 atom stereocenters. The Hall–Kier alpha value is -5.19. The molecule has 5 rings (SSSR count). The van der Waals surface area contributed by atoms with E-state index >= 15 is 0 Å². The van der Waals surface area contributed by atoms with Gasteiger partial charge in [0.1, 0.15) is 29.7 Å². The molecule has 42 heavy (non-hydrogen) atoms. The predicted molar refractivity (Wildman–Crippen MR) is 160 cm³/mol. The second-order valence-corrected chi connectivity index (χ2v) is 9.72. The number of ether oxygens (including phenoxy) is 4. The molecule has 0 bridgehead atoms. The predicted octanol–water partition coefficient (Wildman–Crippen LogP) is 7.15. The summed E-state index contributed by atoms with van der Waals surface area (Å²) in [6.07, 6.45) is 3.02. The first kappa shape index (κ1) is 28.3. The minimum absolute atomic E-state index is 0.0283. The summed E-state index contributed by atoms with van der Waals surface area (Å²) in [7, 11) is 0. The highest BCUT2D eigenvalue weighted by molar-refractivity contribution is 6.31. The van der Waals surface area contributed by atoms with Crippen LogP contribution in [0, 0.1) is 11.3 Å². The van der Waals surface area contributed by atoms with Gasteiger partial charge in [-0.1, -0.05) is 72.3 Å². The minimum Gasteiger partial charge on any atom is -0.490 e. The number of carbonyl (C=O) groups excluding carboxylic acids is 1. The number of nitrogens with two attached hydrogens (primary N) is 1. The monoisotopic (exact) mass is 578 g/mol. The van der Waals surface area contributed by atoms with Gasteiger partial charge in [0, 0.05) is 28.3 Å². The standard InChI is InChI=1S/C34H27ClN2O5/c1-2-39-31-18-23(13-16-29(31)40-21-24-10-6-7-11-28(24)35)33-26-15-14-25(19-30(26)42-34(37)27(33)20-36)41-32(38)17-12-22-8-4-3-5-9-22/h3-19,33H,2,21,37H2,1H3/b17-12+. The van der Waals surface area contributed by atoms with Gasteiger partial charge in [-0.3, -0.25) is 0 Å². The minimum atomic E-state index is -0.543. The van der Waals surface area contributed by atoms with Crippen molar-refractivity contribution in [2.75, 3.05) is 6.61 Å². The summed E-state index contributed by atoms with van der Waals surface area (Å²) in [5.41, 5.74) is 9.61. The molecule has 0 saturated heterocycles. The molecule has 7 nitrogen and oxygen atoms in total. The van der Waals surface area contributed by atoms with Gasteiger partial charge in [-0.25, -0.2) is 4.79 Å². The lowest BCUT2D eigenvalue weighted by molar-refractivity contribution is -0.128. The zero-order valence-corrected chi connectivity index (χ0v) is 23.5. The summed E-state index contributed by atoms with van der Waals surface area (Å²) in [6.45, 7) is 2.55. The highest BCUT2D eigenvalue weighted by atomic mass is 35.5. The molecule has 8 heteroatoms. The van der Waals surface area contributed by atoms with Crippen molar-refractivity contribution in [2.45, 2.75) is 19.4 Å². The molecule has 0 amide bonds. The van der Waals surface area contributed by atoms with E-state index in [9.17, 15) is 10.1 Å². The molecule has 1 heterocycles. The van der Waals surface area contributed by atoms with Crippen molar-refractivity contribution in [2.24, 2.45) is 5.73 Å². The maximum atomic E-state index is 12.4. The quantitative estimate of drug-likeness (QED) is 0.128. The van der Waals surface area contributed by atoms with Gasteiger partial charge >= 0.3 is 5.97 Å². The highest BCUT2D eigenvalue weighted by Crippen LogP contribution is 2.45. The fourth-order valence-corrected chi connectivity index (χ4v) is 4.77. The van der Waals surface area contributed by atoms with Crippen LogP contribution in [-0.2, 0) is 11.4 Å². The Morgan fingerprint density at radius 1 is 1.00 bits per heavy atom. The first-order valence-corrected chi connectivity index (χ1v) is 13.6. The fourth-order valence-electron chi connectivity index (χ4n) is 4.58. The zero-order valence-electron chi connectivity index (χ0n) is 22.8. The molecule has 0 fully saturated rings. The number of benzene rings is 4. The van der Waals surface area contributed by atoms with Crippen molar-refractivity contribution in [1.82, 2.24) is 0 Å². The van der Waals surface area contributed by atoms with E-state index < -0.39 is 11.9 Å². The van der Waals surface area contributed by atoms with Gasteiger partial charge in [-0.2, -0.15) is 5.26 Å². The van der Waals surface area contributed by atoms with Crippen LogP contribution in [0.15, 0.2) is 109 Å². The van der Waals surface area contributed by atoms with Gasteiger partial charge in [0.2, 0.25) is 5.88 Å². The van der Waals surface area contributed by atoms with E-state index in [1.165, 1.54) is 6.08 Å². The van der Waals surface area contributed by atoms with Crippen molar-refractivity contribution in [3.63, 3.8) is 0 Å². The largest absolute Gasteiger partial charge is 0.490 e. The molecule has 0 aromatic heterocycles. The van der Waals surface area contributed by atoms with E-state index in [0.29, 0.717) is 34.4 Å². The van der Waals surface area contributed by atoms with E-state index in [2.05, 4.69) is 6.07 Å². The maximum absolute atomic E-state index is 12.4. The van der Waals surface area contributed by atoms with Gasteiger partial charge in [-0.05, 0) is 48.4 Å². The third-order valence-electron chi connectivity index (χ3n) is 6.56. The number of hydrogen-bond acceptors (Lipinski definition) is 7. The number of esters is 1. The van der Waals surface area contributed by atoms with E-state index in [4.69, 9.17) is 36.3 Å². The lowest BCUT2D eigenvalue weighted by Gasteiger charge is -2.27. The Balaban J connectivity index is 1.41. The van der Waals surface area contributed by atoms with Crippen LogP contribution in [0.1, 0.15) is 35.1 Å². The number of carbonyl (C=O) groups is 1. The van der Waals surface area contributed by atoms with Gasteiger partial charge < -0.3 is 24.7 Å². The molecule has 0 aliphatic carbocycles. The first-order chi connectivity index (χ1) is 20.5. The molecular formula is C34H27ClN2O5. The topological polar surface area (TPSA) is 104 Å². The van der Waals surface area contributed by atoms with Crippen LogP contribution in [0.5, 0.6) is 23.0 Å². The first-order valence-electron chi connectivity index (χ1n) is 13.3. The van der Waals surface area contributed by atoms with Crippen LogP contribution in [-0.4, -0.2) is 12.6 Å². The van der Waals surface area contributed by atoms with Crippen molar-refractivity contribution in [3.8, 4) is 29.1 Å². The average molecular weight is 579 g/mol. The van der Waals surface area contributed by atoms with E-state index in [0.717, 1.165) is 16.7 Å². The van der Waals surface area contributed by atoms with Crippen LogP contribution in [0.2, 0.25) is 5.02 Å². The van der Waals surface area contributed by atoms with Crippen molar-refractivity contribution in [3.05, 3.63) is 136 Å². The molecule has 1 aliphatic rings. The summed E-state index contributed by atoms with van der Waals surface area (Å²) in [4.78, 5) is 12.4. The van der Waals surface area contributed by atoms with Gasteiger partial charge in [0.05, 0.1) is 12.5 Å². The van der Waals surface area contributed by atoms with Gasteiger partial charge in [0.25, 0.3) is 0 Å². The Morgan fingerprint density at radius 2 is 1.79 bits per heavy atom. The summed E-state index contributed by atoms with van der Waals surface area (Å²) in [5.74, 6) is 0.599. The summed E-state index contributed by atoms with van der Waals surface area (Å²) in [6, 6.07) is 29.6. The number of allylic oxidation sites excluding steroid dienone is 1. The fraction of sp³-hybridized carbons (Fsp3) is 0.118. The number of halogens is 1. The van der Waals surface area contributed by atoms with Gasteiger partial charge in [0.15, 0.2) is 11.5 Å². The molecule has 0 saturated carbocycles. The van der Waals surface area contributed by atoms with Crippen LogP contribution in [0.4, 0.5) is 0 Å². The van der Waals surface area contributed by atoms with Crippen molar-refractivity contribution < 1.29 is 23.7 Å². The Kier molecular flexibility index (Phi) is 8.76. The number of nitrogens with zero attached hydrogens (tertiary/aromatic N) is 1. The van der Waals surface area contributed by atoms with Crippen LogP contribution < -0.4 is 24.7 Å². The molecule has 4 aromatic carbocycles. The van der Waals surface area contributed by atoms with Gasteiger partial charge in [-0.15, -0.1) is 0 Å². The highest BCUT2D eigenvalue weighted by Gasteiger charge is 2.32. The van der Waals surface area contributed by atoms with Crippen molar-refractivity contribution in [1.29, 1.82) is 5.26 Å². The molecular weight excluding hydrogens is 552 g/mol. The molecule has 1 unspecified atom stereocenters. The summed E-state index contributed by atoms with van der Waals surface area (Å²) >= 11 is 6.29. The second kappa shape index (κ2) is 13.0. The summed E-state index contributed by atoms with van der Waals surface area (Å²) < 4.78 is 23.3. The smallest absolute Gasteiger partial charge is 0.336 e. The van der Waals surface area contributed by atoms with E-state index in [1.54, 1.807) is 30.3 Å². The van der Waals surface area contributed by atoms with Crippen LogP contribution in [0.25, 0.3) is 6.08 Å². The van der Waals surface area contributed by atoms with E-state index in [-0.39, 0.29) is 23.8 Å². The average Bonchev–Trinajstić information content (AvgIpc) is 3.00. The van der Waals surface area contributed by atoms with Crippen LogP contribution >= 0.6 is 11.6 Å². The molecule has 0 radical (unpaired) electrons. The molecule has 2 N–H and O–H groups in total. The second-order valence-electron chi connectivity index (χ2n) is 9.31. The third-order valence-corrected chi connectivity index (χ3v) is 6.93. The molecule has 210 valence electrons.